The normalized spacial score (nSPS) is 12.6. The Labute approximate surface area is 110 Å². The minimum absolute atomic E-state index is 0.373. The highest BCUT2D eigenvalue weighted by atomic mass is 16.5. The van der Waals surface area contributed by atoms with E-state index in [0.717, 1.165) is 19.6 Å². The highest BCUT2D eigenvalue weighted by Crippen LogP contribution is 2.17. The monoisotopic (exact) mass is 251 g/mol. The van der Waals surface area contributed by atoms with Crippen LogP contribution in [-0.2, 0) is 9.47 Å². The van der Waals surface area contributed by atoms with Crippen LogP contribution in [0.25, 0.3) is 0 Å². The maximum atomic E-state index is 5.54. The maximum Gasteiger partial charge on any atom is 0.0700 e. The molecule has 0 bridgehead atoms. The molecule has 0 saturated heterocycles. The predicted octanol–water partition coefficient (Wildman–Crippen LogP) is 2.70. The molecule has 0 radical (unpaired) electrons. The Morgan fingerprint density at radius 1 is 1.22 bits per heavy atom. The molecular formula is C15H25NO2. The molecule has 1 aromatic carbocycles. The SMILES string of the molecule is CCNC(CCOCCOC)c1cccc(C)c1. The Kier molecular flexibility index (Phi) is 7.65. The van der Waals surface area contributed by atoms with Crippen molar-refractivity contribution in [3.63, 3.8) is 0 Å². The van der Waals surface area contributed by atoms with Crippen molar-refractivity contribution < 1.29 is 9.47 Å². The third-order valence-electron chi connectivity index (χ3n) is 2.88. The Hall–Kier alpha value is -0.900. The smallest absolute Gasteiger partial charge is 0.0700 e. The van der Waals surface area contributed by atoms with Crippen molar-refractivity contribution >= 4 is 0 Å². The summed E-state index contributed by atoms with van der Waals surface area (Å²) in [6, 6.07) is 9.03. The van der Waals surface area contributed by atoms with E-state index in [2.05, 4.69) is 43.4 Å². The molecule has 0 fully saturated rings. The Morgan fingerprint density at radius 2 is 2.06 bits per heavy atom. The second-order valence-corrected chi connectivity index (χ2v) is 4.42. The number of methoxy groups -OCH3 is 1. The highest BCUT2D eigenvalue weighted by molar-refractivity contribution is 5.25. The second-order valence-electron chi connectivity index (χ2n) is 4.42. The molecular weight excluding hydrogens is 226 g/mol. The molecule has 1 N–H and O–H groups in total. The van der Waals surface area contributed by atoms with Crippen LogP contribution < -0.4 is 5.32 Å². The first kappa shape index (κ1) is 15.2. The molecule has 1 rings (SSSR count). The zero-order valence-electron chi connectivity index (χ0n) is 11.7. The topological polar surface area (TPSA) is 30.5 Å². The van der Waals surface area contributed by atoms with Gasteiger partial charge in [-0.1, -0.05) is 36.8 Å². The summed E-state index contributed by atoms with van der Waals surface area (Å²) in [6.45, 7) is 7.32. The lowest BCUT2D eigenvalue weighted by Gasteiger charge is -2.18. The van der Waals surface area contributed by atoms with Gasteiger partial charge in [0.15, 0.2) is 0 Å². The van der Waals surface area contributed by atoms with Crippen LogP contribution in [0.3, 0.4) is 0 Å². The zero-order valence-corrected chi connectivity index (χ0v) is 11.7. The van der Waals surface area contributed by atoms with Crippen molar-refractivity contribution in [2.75, 3.05) is 33.5 Å². The molecule has 0 amide bonds. The molecule has 0 aliphatic heterocycles. The van der Waals surface area contributed by atoms with E-state index in [9.17, 15) is 0 Å². The van der Waals surface area contributed by atoms with Crippen molar-refractivity contribution in [1.29, 1.82) is 0 Å². The third kappa shape index (κ3) is 5.63. The molecule has 18 heavy (non-hydrogen) atoms. The van der Waals surface area contributed by atoms with Crippen LogP contribution in [0.4, 0.5) is 0 Å². The van der Waals surface area contributed by atoms with Crippen LogP contribution in [0.1, 0.15) is 30.5 Å². The number of aryl methyl sites for hydroxylation is 1. The Balaban J connectivity index is 2.44. The van der Waals surface area contributed by atoms with Gasteiger partial charge in [-0.05, 0) is 25.5 Å². The average Bonchev–Trinajstić information content (AvgIpc) is 2.37. The summed E-state index contributed by atoms with van der Waals surface area (Å²) in [5.74, 6) is 0. The van der Waals surface area contributed by atoms with Gasteiger partial charge >= 0.3 is 0 Å². The van der Waals surface area contributed by atoms with Gasteiger partial charge in [0, 0.05) is 19.8 Å². The second kappa shape index (κ2) is 9.09. The number of hydrogen-bond donors (Lipinski definition) is 1. The quantitative estimate of drug-likeness (QED) is 0.685. The van der Waals surface area contributed by atoms with Crippen LogP contribution in [0.15, 0.2) is 24.3 Å². The van der Waals surface area contributed by atoms with Gasteiger partial charge in [-0.2, -0.15) is 0 Å². The van der Waals surface area contributed by atoms with Gasteiger partial charge in [-0.15, -0.1) is 0 Å². The molecule has 1 aromatic rings. The van der Waals surface area contributed by atoms with Crippen LogP contribution >= 0.6 is 0 Å². The summed E-state index contributed by atoms with van der Waals surface area (Å²) < 4.78 is 10.5. The standard InChI is InChI=1S/C15H25NO2/c1-4-16-15(8-9-18-11-10-17-3)14-7-5-6-13(2)12-14/h5-7,12,15-16H,4,8-11H2,1-3H3. The van der Waals surface area contributed by atoms with Gasteiger partial charge in [-0.3, -0.25) is 0 Å². The molecule has 0 aliphatic carbocycles. The van der Waals surface area contributed by atoms with Crippen molar-refractivity contribution in [1.82, 2.24) is 5.32 Å². The first-order chi connectivity index (χ1) is 8.77. The lowest BCUT2D eigenvalue weighted by Crippen LogP contribution is -2.22. The maximum absolute atomic E-state index is 5.54. The molecule has 0 saturated carbocycles. The molecule has 0 aliphatic rings. The van der Waals surface area contributed by atoms with E-state index in [1.54, 1.807) is 7.11 Å². The van der Waals surface area contributed by atoms with E-state index in [1.807, 2.05) is 0 Å². The molecule has 1 atom stereocenters. The molecule has 1 unspecified atom stereocenters. The average molecular weight is 251 g/mol. The molecule has 0 heterocycles. The van der Waals surface area contributed by atoms with Crippen molar-refractivity contribution in [3.8, 4) is 0 Å². The summed E-state index contributed by atoms with van der Waals surface area (Å²) in [5.41, 5.74) is 2.64. The Morgan fingerprint density at radius 3 is 2.72 bits per heavy atom. The van der Waals surface area contributed by atoms with Gasteiger partial charge < -0.3 is 14.8 Å². The molecule has 102 valence electrons. The van der Waals surface area contributed by atoms with E-state index in [1.165, 1.54) is 11.1 Å². The van der Waals surface area contributed by atoms with Crippen molar-refractivity contribution in [2.24, 2.45) is 0 Å². The van der Waals surface area contributed by atoms with Crippen LogP contribution in [-0.4, -0.2) is 33.5 Å². The minimum atomic E-state index is 0.373. The highest BCUT2D eigenvalue weighted by Gasteiger charge is 2.09. The van der Waals surface area contributed by atoms with Gasteiger partial charge in [-0.25, -0.2) is 0 Å². The fourth-order valence-electron chi connectivity index (χ4n) is 1.97. The van der Waals surface area contributed by atoms with E-state index >= 15 is 0 Å². The van der Waals surface area contributed by atoms with Gasteiger partial charge in [0.1, 0.15) is 0 Å². The number of benzene rings is 1. The van der Waals surface area contributed by atoms with Crippen molar-refractivity contribution in [2.45, 2.75) is 26.3 Å². The van der Waals surface area contributed by atoms with Gasteiger partial charge in [0.2, 0.25) is 0 Å². The summed E-state index contributed by atoms with van der Waals surface area (Å²) in [6.07, 6.45) is 0.987. The predicted molar refractivity (Wildman–Crippen MR) is 74.9 cm³/mol. The van der Waals surface area contributed by atoms with Gasteiger partial charge in [0.25, 0.3) is 0 Å². The Bertz CT molecular complexity index is 328. The van der Waals surface area contributed by atoms with Crippen LogP contribution in [0.5, 0.6) is 0 Å². The number of rotatable bonds is 9. The third-order valence-corrected chi connectivity index (χ3v) is 2.88. The lowest BCUT2D eigenvalue weighted by atomic mass is 10.0. The lowest BCUT2D eigenvalue weighted by molar-refractivity contribution is 0.0658. The zero-order chi connectivity index (χ0) is 13.2. The van der Waals surface area contributed by atoms with E-state index in [-0.39, 0.29) is 0 Å². The summed E-state index contributed by atoms with van der Waals surface area (Å²) in [5, 5.41) is 3.51. The summed E-state index contributed by atoms with van der Waals surface area (Å²) >= 11 is 0. The fraction of sp³-hybridized carbons (Fsp3) is 0.600. The van der Waals surface area contributed by atoms with E-state index < -0.39 is 0 Å². The number of hydrogen-bond acceptors (Lipinski definition) is 3. The largest absolute Gasteiger partial charge is 0.382 e. The van der Waals surface area contributed by atoms with Crippen LogP contribution in [0, 0.1) is 6.92 Å². The molecule has 0 spiro atoms. The fourth-order valence-corrected chi connectivity index (χ4v) is 1.97. The van der Waals surface area contributed by atoms with Crippen LogP contribution in [0.2, 0.25) is 0 Å². The van der Waals surface area contributed by atoms with E-state index in [0.29, 0.717) is 19.3 Å². The minimum Gasteiger partial charge on any atom is -0.382 e. The molecule has 0 aromatic heterocycles. The van der Waals surface area contributed by atoms with Crippen molar-refractivity contribution in [3.05, 3.63) is 35.4 Å². The summed E-state index contributed by atoms with van der Waals surface area (Å²) in [7, 11) is 1.69. The molecule has 3 nitrogen and oxygen atoms in total. The number of ether oxygens (including phenoxy) is 2. The summed E-state index contributed by atoms with van der Waals surface area (Å²) in [4.78, 5) is 0. The first-order valence-electron chi connectivity index (χ1n) is 6.64. The van der Waals surface area contributed by atoms with Gasteiger partial charge in [0.05, 0.1) is 13.2 Å². The first-order valence-corrected chi connectivity index (χ1v) is 6.64. The van der Waals surface area contributed by atoms with E-state index in [4.69, 9.17) is 9.47 Å². The number of nitrogens with one attached hydrogen (secondary N) is 1. The molecule has 3 heteroatoms.